The molecule has 5 unspecified atom stereocenters. The van der Waals surface area contributed by atoms with Gasteiger partial charge in [0.25, 0.3) is 0 Å². The molecule has 4 aromatic rings. The number of rotatable bonds is 7. The number of amides is 2. The highest BCUT2D eigenvalue weighted by atomic mass is 79.9. The van der Waals surface area contributed by atoms with Crippen LogP contribution in [0.15, 0.2) is 82.9 Å². The van der Waals surface area contributed by atoms with Crippen molar-refractivity contribution in [3.8, 4) is 11.3 Å². The van der Waals surface area contributed by atoms with Gasteiger partial charge in [-0.1, -0.05) is 58.2 Å². The second-order valence-corrected chi connectivity index (χ2v) is 13.7. The Balaban J connectivity index is 1.21. The molecule has 5 atom stereocenters. The SMILES string of the molecule is CCc1cc(Br)cc2c(C(=O)OC(C)C(=O)c3ccc(Cl)cc3)cc(-c3ccc(N4C(=O)C5C6C=C(C)C(C6)C5C4=O)cc3)nc12. The number of anilines is 1. The maximum atomic E-state index is 13.7. The van der Waals surface area contributed by atoms with Gasteiger partial charge in [0.05, 0.1) is 34.3 Å². The Morgan fingerprint density at radius 1 is 1.02 bits per heavy atom. The summed E-state index contributed by atoms with van der Waals surface area (Å²) in [6.45, 7) is 5.61. The van der Waals surface area contributed by atoms with Crippen LogP contribution in [-0.2, 0) is 20.7 Å². The quantitative estimate of drug-likeness (QED) is 0.0841. The van der Waals surface area contributed by atoms with Gasteiger partial charge in [-0.25, -0.2) is 9.78 Å². The molecule has 2 amide bonds. The number of aryl methyl sites for hydroxylation is 1. The Morgan fingerprint density at radius 3 is 2.41 bits per heavy atom. The first kappa shape index (κ1) is 30.5. The Labute approximate surface area is 279 Å². The molecule has 1 aromatic heterocycles. The van der Waals surface area contributed by atoms with Gasteiger partial charge in [-0.3, -0.25) is 19.3 Å². The minimum Gasteiger partial charge on any atom is -0.451 e. The van der Waals surface area contributed by atoms with Crippen molar-refractivity contribution in [2.75, 3.05) is 4.90 Å². The highest BCUT2D eigenvalue weighted by Gasteiger charge is 2.60. The fourth-order valence-electron chi connectivity index (χ4n) is 7.38. The summed E-state index contributed by atoms with van der Waals surface area (Å²) in [5.41, 5.74) is 5.19. The van der Waals surface area contributed by atoms with E-state index in [1.807, 2.05) is 31.2 Å². The summed E-state index contributed by atoms with van der Waals surface area (Å²) in [5, 5.41) is 1.10. The molecule has 2 heterocycles. The molecule has 1 aliphatic heterocycles. The van der Waals surface area contributed by atoms with Crippen LogP contribution >= 0.6 is 27.5 Å². The largest absolute Gasteiger partial charge is 0.451 e. The van der Waals surface area contributed by atoms with Gasteiger partial charge in [-0.15, -0.1) is 0 Å². The molecule has 2 bridgehead atoms. The highest BCUT2D eigenvalue weighted by Crippen LogP contribution is 2.56. The van der Waals surface area contributed by atoms with Gasteiger partial charge in [0.2, 0.25) is 17.6 Å². The number of pyridine rings is 1. The van der Waals surface area contributed by atoms with Crippen LogP contribution in [0.4, 0.5) is 5.69 Å². The molecule has 232 valence electrons. The maximum Gasteiger partial charge on any atom is 0.339 e. The number of hydrogen-bond acceptors (Lipinski definition) is 6. The molecule has 3 aliphatic rings. The zero-order valence-corrected chi connectivity index (χ0v) is 27.8. The lowest BCUT2D eigenvalue weighted by molar-refractivity contribution is -0.123. The van der Waals surface area contributed by atoms with E-state index in [-0.39, 0.29) is 46.8 Å². The number of carbonyl (C=O) groups is 4. The molecule has 46 heavy (non-hydrogen) atoms. The number of nitrogens with zero attached hydrogens (tertiary/aromatic N) is 2. The van der Waals surface area contributed by atoms with Crippen molar-refractivity contribution < 1.29 is 23.9 Å². The first-order chi connectivity index (χ1) is 22.0. The zero-order valence-electron chi connectivity index (χ0n) is 25.4. The predicted molar refractivity (Wildman–Crippen MR) is 180 cm³/mol. The number of Topliss-reactive ketones (excluding diaryl/α,β-unsaturated/α-hetero) is 1. The first-order valence-electron chi connectivity index (χ1n) is 15.4. The Morgan fingerprint density at radius 2 is 1.72 bits per heavy atom. The lowest BCUT2D eigenvalue weighted by Crippen LogP contribution is -2.32. The third-order valence-electron chi connectivity index (χ3n) is 9.64. The minimum atomic E-state index is -1.04. The van der Waals surface area contributed by atoms with E-state index in [1.54, 1.807) is 49.4 Å². The highest BCUT2D eigenvalue weighted by molar-refractivity contribution is 9.10. The number of imide groups is 1. The monoisotopic (exact) mass is 696 g/mol. The van der Waals surface area contributed by atoms with Crippen molar-refractivity contribution in [3.63, 3.8) is 0 Å². The fourth-order valence-corrected chi connectivity index (χ4v) is 8.01. The molecular formula is C37H30BrClN2O5. The van der Waals surface area contributed by atoms with E-state index in [9.17, 15) is 19.2 Å². The van der Waals surface area contributed by atoms with E-state index in [0.717, 1.165) is 16.5 Å². The van der Waals surface area contributed by atoms with Gasteiger partial charge >= 0.3 is 5.97 Å². The van der Waals surface area contributed by atoms with Crippen molar-refractivity contribution in [1.82, 2.24) is 4.98 Å². The van der Waals surface area contributed by atoms with Crippen LogP contribution in [0.3, 0.4) is 0 Å². The third kappa shape index (κ3) is 4.99. The van der Waals surface area contributed by atoms with E-state index in [0.29, 0.717) is 44.9 Å². The average molecular weight is 698 g/mol. The van der Waals surface area contributed by atoms with Crippen molar-refractivity contribution in [2.24, 2.45) is 23.7 Å². The lowest BCUT2D eigenvalue weighted by Gasteiger charge is -2.19. The zero-order chi connectivity index (χ0) is 32.4. The molecule has 1 saturated heterocycles. The summed E-state index contributed by atoms with van der Waals surface area (Å²) in [7, 11) is 0. The number of hydrogen-bond donors (Lipinski definition) is 0. The summed E-state index contributed by atoms with van der Waals surface area (Å²) in [6, 6.07) is 19.0. The number of ketones is 1. The molecule has 1 saturated carbocycles. The normalized spacial score (nSPS) is 22.3. The van der Waals surface area contributed by atoms with Crippen LogP contribution in [0.2, 0.25) is 5.02 Å². The second kappa shape index (κ2) is 11.6. The van der Waals surface area contributed by atoms with Gasteiger partial charge in [0.15, 0.2) is 6.10 Å². The number of halogens is 2. The number of allylic oxidation sites excluding steroid dienone is 2. The molecule has 0 N–H and O–H groups in total. The number of carbonyl (C=O) groups excluding carboxylic acids is 4. The van der Waals surface area contributed by atoms with Crippen LogP contribution in [0.25, 0.3) is 22.2 Å². The lowest BCUT2D eigenvalue weighted by atomic mass is 9.82. The molecular weight excluding hydrogens is 668 g/mol. The molecule has 0 radical (unpaired) electrons. The molecule has 3 aromatic carbocycles. The summed E-state index contributed by atoms with van der Waals surface area (Å²) < 4.78 is 6.51. The third-order valence-corrected chi connectivity index (χ3v) is 10.4. The van der Waals surface area contributed by atoms with Gasteiger partial charge in [0, 0.05) is 26.0 Å². The van der Waals surface area contributed by atoms with Crippen molar-refractivity contribution >= 4 is 67.7 Å². The standard InChI is InChI=1S/C37H30BrClN2O5/c1-4-20-14-24(38)16-28-29(37(45)46-19(3)34(42)22-5-9-25(39)10-6-22)17-30(40-33(20)28)21-7-11-26(12-8-21)41-35(43)31-23-13-18(2)27(15-23)32(31)36(41)44/h5-14,16-17,19,23,27,31-32H,4,15H2,1-3H3. The smallest absolute Gasteiger partial charge is 0.339 e. The van der Waals surface area contributed by atoms with E-state index in [2.05, 4.69) is 28.9 Å². The molecule has 2 aliphatic carbocycles. The first-order valence-corrected chi connectivity index (χ1v) is 16.5. The number of esters is 1. The maximum absolute atomic E-state index is 13.7. The molecule has 7 rings (SSSR count). The molecule has 9 heteroatoms. The van der Waals surface area contributed by atoms with E-state index in [4.69, 9.17) is 21.3 Å². The van der Waals surface area contributed by atoms with Crippen LogP contribution in [-0.4, -0.2) is 34.7 Å². The van der Waals surface area contributed by atoms with Crippen molar-refractivity contribution in [2.45, 2.75) is 39.7 Å². The number of fused-ring (bicyclic) bond motifs is 6. The summed E-state index contributed by atoms with van der Waals surface area (Å²) >= 11 is 9.53. The van der Waals surface area contributed by atoms with Gasteiger partial charge in [-0.2, -0.15) is 0 Å². The second-order valence-electron chi connectivity index (χ2n) is 12.3. The van der Waals surface area contributed by atoms with Crippen molar-refractivity contribution in [3.05, 3.63) is 105 Å². The Hall–Kier alpha value is -4.14. The van der Waals surface area contributed by atoms with E-state index < -0.39 is 12.1 Å². The van der Waals surface area contributed by atoms with Crippen LogP contribution in [0, 0.1) is 23.7 Å². The summed E-state index contributed by atoms with van der Waals surface area (Å²) in [4.78, 5) is 59.9. The Bertz CT molecular complexity index is 1990. The molecule has 0 spiro atoms. The van der Waals surface area contributed by atoms with E-state index in [1.165, 1.54) is 10.5 Å². The average Bonchev–Trinajstić information content (AvgIpc) is 3.69. The predicted octanol–water partition coefficient (Wildman–Crippen LogP) is 8.01. The van der Waals surface area contributed by atoms with Crippen molar-refractivity contribution in [1.29, 1.82) is 0 Å². The fraction of sp³-hybridized carbons (Fsp3) is 0.270. The number of aromatic nitrogens is 1. The van der Waals surface area contributed by atoms with Gasteiger partial charge < -0.3 is 4.74 Å². The number of ether oxygens (including phenoxy) is 1. The minimum absolute atomic E-state index is 0.128. The summed E-state index contributed by atoms with van der Waals surface area (Å²) in [6.07, 6.45) is 2.67. The van der Waals surface area contributed by atoms with Crippen LogP contribution in [0.1, 0.15) is 53.5 Å². The van der Waals surface area contributed by atoms with Crippen LogP contribution in [0.5, 0.6) is 0 Å². The van der Waals surface area contributed by atoms with Crippen LogP contribution < -0.4 is 4.90 Å². The summed E-state index contributed by atoms with van der Waals surface area (Å²) in [5.74, 6) is -1.54. The van der Waals surface area contributed by atoms with Gasteiger partial charge in [0.1, 0.15) is 0 Å². The Kier molecular flexibility index (Phi) is 7.68. The molecule has 2 fully saturated rings. The number of benzene rings is 3. The topological polar surface area (TPSA) is 93.6 Å². The van der Waals surface area contributed by atoms with Gasteiger partial charge in [-0.05, 0) is 98.7 Å². The van der Waals surface area contributed by atoms with E-state index >= 15 is 0 Å². The molecule has 7 nitrogen and oxygen atoms in total.